The number of carbonyl (C=O) groups is 1. The highest BCUT2D eigenvalue weighted by Crippen LogP contribution is 2.24. The first-order chi connectivity index (χ1) is 16.4. The lowest BCUT2D eigenvalue weighted by molar-refractivity contribution is 0.0763. The van der Waals surface area contributed by atoms with Crippen LogP contribution in [0.15, 0.2) is 53.8 Å². The van der Waals surface area contributed by atoms with Gasteiger partial charge >= 0.3 is 0 Å². The van der Waals surface area contributed by atoms with E-state index in [1.165, 1.54) is 4.80 Å². The van der Waals surface area contributed by atoms with Crippen LogP contribution in [0, 0.1) is 13.8 Å². The first-order valence-corrected chi connectivity index (χ1v) is 12.1. The number of amidine groups is 1. The third kappa shape index (κ3) is 6.03. The Bertz CT molecular complexity index is 1140. The maximum Gasteiger partial charge on any atom is 0.256 e. The van der Waals surface area contributed by atoms with Crippen LogP contribution in [0.3, 0.4) is 0 Å². The van der Waals surface area contributed by atoms with Gasteiger partial charge in [-0.05, 0) is 57.0 Å². The molecule has 3 aromatic rings. The van der Waals surface area contributed by atoms with Crippen LogP contribution in [-0.2, 0) is 0 Å². The van der Waals surface area contributed by atoms with Crippen molar-refractivity contribution in [3.63, 3.8) is 0 Å². The van der Waals surface area contributed by atoms with Crippen LogP contribution >= 0.6 is 11.6 Å². The van der Waals surface area contributed by atoms with E-state index in [1.807, 2.05) is 75.9 Å². The van der Waals surface area contributed by atoms with E-state index in [2.05, 4.69) is 15.1 Å². The summed E-state index contributed by atoms with van der Waals surface area (Å²) in [6, 6.07) is 11.5. The number of rotatable bonds is 3. The third-order valence-electron chi connectivity index (χ3n) is 5.71. The minimum absolute atomic E-state index is 0.00290. The Kier molecular flexibility index (Phi) is 8.82. The predicted molar refractivity (Wildman–Crippen MR) is 138 cm³/mol. The van der Waals surface area contributed by atoms with E-state index in [0.717, 1.165) is 42.2 Å². The zero-order chi connectivity index (χ0) is 24.7. The van der Waals surface area contributed by atoms with Crippen molar-refractivity contribution in [1.29, 1.82) is 0 Å². The van der Waals surface area contributed by atoms with Crippen LogP contribution in [0.2, 0.25) is 5.02 Å². The number of hydrogen-bond acceptors (Lipinski definition) is 4. The van der Waals surface area contributed by atoms with Crippen molar-refractivity contribution >= 4 is 29.0 Å². The molecule has 1 amide bonds. The molecule has 0 bridgehead atoms. The highest BCUT2D eigenvalue weighted by atomic mass is 35.5. The zero-order valence-corrected chi connectivity index (χ0v) is 21.4. The summed E-state index contributed by atoms with van der Waals surface area (Å²) in [7, 11) is 0. The fourth-order valence-electron chi connectivity index (χ4n) is 3.90. The summed E-state index contributed by atoms with van der Waals surface area (Å²) in [6.07, 6.45) is 4.09. The molecule has 0 aliphatic carbocycles. The minimum Gasteiger partial charge on any atom is -0.358 e. The van der Waals surface area contributed by atoms with E-state index in [4.69, 9.17) is 16.6 Å². The molecule has 2 heterocycles. The average Bonchev–Trinajstić information content (AvgIpc) is 3.26. The summed E-state index contributed by atoms with van der Waals surface area (Å²) in [5, 5.41) is 9.10. The molecule has 0 radical (unpaired) electrons. The fraction of sp³-hybridized carbons (Fsp3) is 0.385. The number of aromatic nitrogens is 3. The Morgan fingerprint density at radius 2 is 1.62 bits per heavy atom. The molecule has 0 unspecified atom stereocenters. The van der Waals surface area contributed by atoms with Crippen molar-refractivity contribution in [2.75, 3.05) is 26.2 Å². The number of halogens is 1. The molecule has 0 saturated carbocycles. The summed E-state index contributed by atoms with van der Waals surface area (Å²) >= 11 is 6.15. The lowest BCUT2D eigenvalue weighted by Crippen LogP contribution is -2.37. The summed E-state index contributed by atoms with van der Waals surface area (Å²) in [5.74, 6) is 0.935. The van der Waals surface area contributed by atoms with Crippen LogP contribution in [0.5, 0.6) is 0 Å². The van der Waals surface area contributed by atoms with Gasteiger partial charge < -0.3 is 9.80 Å². The summed E-state index contributed by atoms with van der Waals surface area (Å²) < 4.78 is 0. The quantitative estimate of drug-likeness (QED) is 0.368. The van der Waals surface area contributed by atoms with E-state index >= 15 is 0 Å². The molecular formula is C26H33ClN6O. The number of amides is 1. The number of benzene rings is 2. The standard InChI is InChI=1S/C24H27ClN6O.C2H6/c1-17-5-8-23(31-26-9-10-27-31)21(15-17)24(32)30-12-4-11-29(13-14-30)19(3)28-22-16-20(25)7-6-18(22)2;1-2/h5-10,15-16H,4,11-14H2,1-3H3;1-2H3. The fourth-order valence-corrected chi connectivity index (χ4v) is 4.06. The molecular weight excluding hydrogens is 448 g/mol. The van der Waals surface area contributed by atoms with E-state index < -0.39 is 0 Å². The van der Waals surface area contributed by atoms with E-state index in [1.54, 1.807) is 12.4 Å². The van der Waals surface area contributed by atoms with Gasteiger partial charge in [-0.1, -0.05) is 43.1 Å². The minimum atomic E-state index is 0.00290. The number of aliphatic imine (C=N–C) groups is 1. The van der Waals surface area contributed by atoms with E-state index in [-0.39, 0.29) is 5.91 Å². The maximum atomic E-state index is 13.5. The molecule has 1 aromatic heterocycles. The third-order valence-corrected chi connectivity index (χ3v) is 5.95. The van der Waals surface area contributed by atoms with E-state index in [9.17, 15) is 4.79 Å². The Morgan fingerprint density at radius 3 is 2.35 bits per heavy atom. The molecule has 0 atom stereocenters. The second kappa shape index (κ2) is 11.8. The molecule has 1 fully saturated rings. The topological polar surface area (TPSA) is 66.6 Å². The normalized spacial score (nSPS) is 14.4. The Balaban J connectivity index is 0.00000158. The smallest absolute Gasteiger partial charge is 0.256 e. The molecule has 8 heteroatoms. The van der Waals surface area contributed by atoms with E-state index in [0.29, 0.717) is 29.4 Å². The summed E-state index contributed by atoms with van der Waals surface area (Å²) in [5.41, 5.74) is 4.30. The van der Waals surface area contributed by atoms with Crippen LogP contribution < -0.4 is 0 Å². The largest absolute Gasteiger partial charge is 0.358 e. The van der Waals surface area contributed by atoms with Gasteiger partial charge in [0.15, 0.2) is 0 Å². The monoisotopic (exact) mass is 480 g/mol. The van der Waals surface area contributed by atoms with Crippen molar-refractivity contribution in [2.45, 2.75) is 41.0 Å². The van der Waals surface area contributed by atoms with Crippen LogP contribution in [0.4, 0.5) is 5.69 Å². The highest BCUT2D eigenvalue weighted by Gasteiger charge is 2.24. The highest BCUT2D eigenvalue weighted by molar-refractivity contribution is 6.30. The Hall–Kier alpha value is -3.19. The van der Waals surface area contributed by atoms with Crippen molar-refractivity contribution < 1.29 is 4.79 Å². The van der Waals surface area contributed by atoms with Crippen LogP contribution in [-0.4, -0.2) is 62.7 Å². The molecule has 1 aliphatic rings. The van der Waals surface area contributed by atoms with Crippen molar-refractivity contribution in [2.24, 2.45) is 4.99 Å². The van der Waals surface area contributed by atoms with Crippen molar-refractivity contribution in [3.8, 4) is 5.69 Å². The molecule has 180 valence electrons. The number of aryl methyl sites for hydroxylation is 2. The average molecular weight is 481 g/mol. The lowest BCUT2D eigenvalue weighted by atomic mass is 10.1. The first-order valence-electron chi connectivity index (χ1n) is 11.8. The molecule has 4 rings (SSSR count). The van der Waals surface area contributed by atoms with Gasteiger partial charge in [0.05, 0.1) is 29.3 Å². The van der Waals surface area contributed by atoms with Crippen molar-refractivity contribution in [1.82, 2.24) is 24.8 Å². The molecule has 0 N–H and O–H groups in total. The number of nitrogens with zero attached hydrogens (tertiary/aromatic N) is 6. The van der Waals surface area contributed by atoms with Gasteiger partial charge in [0.2, 0.25) is 0 Å². The second-order valence-electron chi connectivity index (χ2n) is 8.06. The number of hydrogen-bond donors (Lipinski definition) is 0. The van der Waals surface area contributed by atoms with Gasteiger partial charge in [-0.2, -0.15) is 15.0 Å². The molecule has 1 aliphatic heterocycles. The molecule has 1 saturated heterocycles. The van der Waals surface area contributed by atoms with Gasteiger partial charge in [0.1, 0.15) is 5.84 Å². The Morgan fingerprint density at radius 1 is 0.941 bits per heavy atom. The zero-order valence-electron chi connectivity index (χ0n) is 20.6. The molecule has 0 spiro atoms. The van der Waals surface area contributed by atoms with Gasteiger partial charge in [-0.3, -0.25) is 4.79 Å². The van der Waals surface area contributed by atoms with Crippen LogP contribution in [0.1, 0.15) is 48.7 Å². The maximum absolute atomic E-state index is 13.5. The summed E-state index contributed by atoms with van der Waals surface area (Å²) in [6.45, 7) is 12.9. The van der Waals surface area contributed by atoms with Gasteiger partial charge in [-0.15, -0.1) is 0 Å². The Labute approximate surface area is 207 Å². The van der Waals surface area contributed by atoms with Gasteiger partial charge in [0, 0.05) is 31.2 Å². The van der Waals surface area contributed by atoms with Crippen molar-refractivity contribution in [3.05, 3.63) is 70.5 Å². The molecule has 7 nitrogen and oxygen atoms in total. The lowest BCUT2D eigenvalue weighted by Gasteiger charge is -2.24. The predicted octanol–water partition coefficient (Wildman–Crippen LogP) is 5.46. The summed E-state index contributed by atoms with van der Waals surface area (Å²) in [4.78, 5) is 23.9. The number of carbonyl (C=O) groups excluding carboxylic acids is 1. The van der Waals surface area contributed by atoms with Gasteiger partial charge in [-0.25, -0.2) is 4.99 Å². The van der Waals surface area contributed by atoms with Gasteiger partial charge in [0.25, 0.3) is 5.91 Å². The van der Waals surface area contributed by atoms with Crippen LogP contribution in [0.25, 0.3) is 5.69 Å². The SMILES string of the molecule is CC.CC(=Nc1cc(Cl)ccc1C)N1CCCN(C(=O)c2cc(C)ccc2-n2nccn2)CC1. The molecule has 34 heavy (non-hydrogen) atoms. The first kappa shape index (κ1) is 25.4. The second-order valence-corrected chi connectivity index (χ2v) is 8.50. The molecule has 2 aromatic carbocycles.